The maximum absolute atomic E-state index is 10.9. The first-order valence-corrected chi connectivity index (χ1v) is 10.6. The number of aromatic nitrogens is 4. The Morgan fingerprint density at radius 2 is 1.58 bits per heavy atom. The third-order valence-electron chi connectivity index (χ3n) is 3.00. The van der Waals surface area contributed by atoms with Gasteiger partial charge in [-0.25, -0.2) is 4.98 Å². The van der Waals surface area contributed by atoms with Gasteiger partial charge in [0.05, 0.1) is 25.6 Å². The summed E-state index contributed by atoms with van der Waals surface area (Å²) < 4.78 is 33.2. The Balaban J connectivity index is 2.24. The number of imidazole rings is 1. The van der Waals surface area contributed by atoms with E-state index in [0.29, 0.717) is 0 Å². The van der Waals surface area contributed by atoms with Gasteiger partial charge in [-0.15, -0.1) is 0 Å². The van der Waals surface area contributed by atoms with Crippen LogP contribution in [-0.2, 0) is 18.6 Å². The zero-order chi connectivity index (χ0) is 19.5. The highest BCUT2D eigenvalue weighted by Gasteiger charge is 2.22. The molecule has 0 aliphatic carbocycles. The molecule has 8 N–H and O–H groups in total. The first-order valence-electron chi connectivity index (χ1n) is 6.96. The van der Waals surface area contributed by atoms with Crippen LogP contribution in [0.5, 0.6) is 0 Å². The summed E-state index contributed by atoms with van der Waals surface area (Å²) in [4.78, 5) is 47.3. The van der Waals surface area contributed by atoms with Crippen LogP contribution in [0.15, 0.2) is 6.33 Å². The van der Waals surface area contributed by atoms with Gasteiger partial charge in [0, 0.05) is 0 Å². The van der Waals surface area contributed by atoms with E-state index in [0.717, 1.165) is 0 Å². The van der Waals surface area contributed by atoms with Gasteiger partial charge in [-0.1, -0.05) is 0 Å². The van der Waals surface area contributed by atoms with Crippen LogP contribution in [0.2, 0.25) is 0 Å². The number of fused-ring (bicyclic) bond motifs is 1. The molecule has 0 fully saturated rings. The van der Waals surface area contributed by atoms with Crippen molar-refractivity contribution in [3.8, 4) is 0 Å². The van der Waals surface area contributed by atoms with E-state index in [2.05, 4.69) is 15.0 Å². The molecule has 0 radical (unpaired) electrons. The molecule has 0 spiro atoms. The normalized spacial score (nSPS) is 13.0. The van der Waals surface area contributed by atoms with Crippen molar-refractivity contribution in [3.05, 3.63) is 6.33 Å². The lowest BCUT2D eigenvalue weighted by molar-refractivity contribution is 0.0655. The molecule has 0 bridgehead atoms. The highest BCUT2D eigenvalue weighted by molar-refractivity contribution is 7.51. The lowest BCUT2D eigenvalue weighted by Crippen LogP contribution is -2.22. The summed E-state index contributed by atoms with van der Waals surface area (Å²) in [6.45, 7) is -0.525. The Kier molecular flexibility index (Phi) is 6.32. The summed E-state index contributed by atoms with van der Waals surface area (Å²) in [5, 5.41) is 0. The molecule has 0 atom stereocenters. The van der Waals surface area contributed by atoms with Crippen molar-refractivity contribution in [2.45, 2.75) is 6.04 Å². The van der Waals surface area contributed by atoms with Crippen LogP contribution in [0.4, 0.5) is 11.8 Å². The highest BCUT2D eigenvalue weighted by atomic mass is 31.2. The van der Waals surface area contributed by atoms with E-state index >= 15 is 0 Å². The molecule has 26 heavy (non-hydrogen) atoms. The molecule has 0 aliphatic heterocycles. The van der Waals surface area contributed by atoms with E-state index in [-0.39, 0.29) is 36.1 Å². The Morgan fingerprint density at radius 3 is 2.08 bits per heavy atom. The second-order valence-electron chi connectivity index (χ2n) is 5.27. The van der Waals surface area contributed by atoms with E-state index in [9.17, 15) is 9.13 Å². The molecule has 16 heteroatoms. The van der Waals surface area contributed by atoms with Gasteiger partial charge in [-0.05, 0) is 0 Å². The Labute approximate surface area is 146 Å². The van der Waals surface area contributed by atoms with Gasteiger partial charge in [0.1, 0.15) is 18.2 Å². The maximum atomic E-state index is 10.9. The van der Waals surface area contributed by atoms with Crippen molar-refractivity contribution in [1.82, 2.24) is 19.5 Å². The number of ether oxygens (including phenoxy) is 2. The summed E-state index contributed by atoms with van der Waals surface area (Å²) in [5.41, 5.74) is 11.7. The fraction of sp³-hybridized carbons (Fsp3) is 0.500. The molecule has 146 valence electrons. The van der Waals surface area contributed by atoms with Gasteiger partial charge in [0.2, 0.25) is 5.95 Å². The van der Waals surface area contributed by atoms with E-state index in [1.165, 1.54) is 10.9 Å². The van der Waals surface area contributed by atoms with Crippen LogP contribution in [0.1, 0.15) is 6.04 Å². The molecule has 2 aromatic rings. The lowest BCUT2D eigenvalue weighted by atomic mass is 10.3. The molecule has 0 amide bonds. The Hall–Kier alpha value is -1.63. The van der Waals surface area contributed by atoms with Gasteiger partial charge >= 0.3 is 15.2 Å². The van der Waals surface area contributed by atoms with Crippen molar-refractivity contribution in [1.29, 1.82) is 0 Å². The summed E-state index contributed by atoms with van der Waals surface area (Å²) in [6, 6.07) is -0.771. The molecular formula is C10H18N6O8P2. The van der Waals surface area contributed by atoms with E-state index in [1.54, 1.807) is 0 Å². The average molecular weight is 412 g/mol. The van der Waals surface area contributed by atoms with Crippen molar-refractivity contribution in [2.24, 2.45) is 0 Å². The van der Waals surface area contributed by atoms with Crippen LogP contribution in [0.25, 0.3) is 11.2 Å². The van der Waals surface area contributed by atoms with Crippen LogP contribution >= 0.6 is 15.2 Å². The number of anilines is 2. The van der Waals surface area contributed by atoms with Crippen LogP contribution in [0, 0.1) is 0 Å². The predicted octanol–water partition coefficient (Wildman–Crippen LogP) is -1.16. The fourth-order valence-corrected chi connectivity index (χ4v) is 2.73. The highest BCUT2D eigenvalue weighted by Crippen LogP contribution is 2.35. The Bertz CT molecular complexity index is 835. The number of hydrogen-bond acceptors (Lipinski definition) is 9. The van der Waals surface area contributed by atoms with E-state index < -0.39 is 33.9 Å². The lowest BCUT2D eigenvalue weighted by Gasteiger charge is -2.19. The second kappa shape index (κ2) is 7.94. The van der Waals surface area contributed by atoms with Gasteiger partial charge in [0.25, 0.3) is 0 Å². The van der Waals surface area contributed by atoms with Crippen LogP contribution in [0.3, 0.4) is 0 Å². The predicted molar refractivity (Wildman–Crippen MR) is 88.9 cm³/mol. The first kappa shape index (κ1) is 20.7. The van der Waals surface area contributed by atoms with Crippen molar-refractivity contribution < 1.29 is 38.2 Å². The molecule has 0 saturated heterocycles. The molecule has 0 aromatic carbocycles. The second-order valence-corrected chi connectivity index (χ2v) is 8.45. The molecule has 2 heterocycles. The van der Waals surface area contributed by atoms with E-state index in [1.807, 2.05) is 0 Å². The monoisotopic (exact) mass is 412 g/mol. The van der Waals surface area contributed by atoms with Gasteiger partial charge < -0.3 is 45.1 Å². The third-order valence-corrected chi connectivity index (χ3v) is 4.04. The van der Waals surface area contributed by atoms with Crippen LogP contribution in [-0.4, -0.2) is 65.0 Å². The van der Waals surface area contributed by atoms with Crippen molar-refractivity contribution >= 4 is 38.1 Å². The smallest absolute Gasteiger partial charge is 0.350 e. The molecule has 0 aliphatic rings. The molecule has 0 saturated carbocycles. The maximum Gasteiger partial charge on any atom is 0.350 e. The minimum atomic E-state index is -4.39. The first-order chi connectivity index (χ1) is 12.0. The minimum Gasteiger partial charge on any atom is -0.382 e. The summed E-state index contributed by atoms with van der Waals surface area (Å²) in [6.07, 6.45) is -0.372. The molecule has 2 aromatic heterocycles. The molecule has 14 nitrogen and oxygen atoms in total. The zero-order valence-electron chi connectivity index (χ0n) is 13.2. The number of nitrogens with zero attached hydrogens (tertiary/aromatic N) is 4. The van der Waals surface area contributed by atoms with Crippen molar-refractivity contribution in [2.75, 3.05) is 37.4 Å². The van der Waals surface area contributed by atoms with Gasteiger partial charge in [0.15, 0.2) is 11.5 Å². The largest absolute Gasteiger partial charge is 0.382 e. The number of nitrogen functional groups attached to an aromatic ring is 2. The summed E-state index contributed by atoms with van der Waals surface area (Å²) >= 11 is 0. The summed E-state index contributed by atoms with van der Waals surface area (Å²) in [7, 11) is -8.79. The van der Waals surface area contributed by atoms with Crippen molar-refractivity contribution in [3.63, 3.8) is 0 Å². The number of hydrogen-bond donors (Lipinski definition) is 6. The topological polar surface area (TPSA) is 229 Å². The molecule has 0 unspecified atom stereocenters. The standard InChI is InChI=1S/C10H18N6O8P2/c11-8-7-9(15-10(12)14-8)16(3-13-7)6(1-23-4-25(17,18)19)2-24-5-26(20,21)22/h3,6H,1-2,4-5H2,(H2,17,18,19)(H2,20,21,22)(H4,11,12,14,15). The quantitative estimate of drug-likeness (QED) is 0.267. The number of nitrogens with two attached hydrogens (primary N) is 2. The Morgan fingerprint density at radius 1 is 1.04 bits per heavy atom. The zero-order valence-corrected chi connectivity index (χ0v) is 15.0. The average Bonchev–Trinajstić information content (AvgIpc) is 2.87. The van der Waals surface area contributed by atoms with Gasteiger partial charge in [-0.2, -0.15) is 9.97 Å². The molecule has 2 rings (SSSR count). The third kappa shape index (κ3) is 5.97. The number of rotatable bonds is 9. The van der Waals surface area contributed by atoms with Crippen LogP contribution < -0.4 is 11.5 Å². The molecular weight excluding hydrogens is 394 g/mol. The van der Waals surface area contributed by atoms with E-state index in [4.69, 9.17) is 40.5 Å². The minimum absolute atomic E-state index is 0.0253. The summed E-state index contributed by atoms with van der Waals surface area (Å²) in [5.74, 6) is -0.0972. The SMILES string of the molecule is Nc1nc(N)c2ncn(C(COCP(=O)(O)O)COCP(=O)(O)O)c2n1. The van der Waals surface area contributed by atoms with Gasteiger partial charge in [-0.3, -0.25) is 9.13 Å². The fourth-order valence-electron chi connectivity index (χ4n) is 2.05.